The number of carbonyl (C=O) groups excluding carboxylic acids is 2. The second-order valence-electron chi connectivity index (χ2n) is 6.38. The first-order valence-corrected chi connectivity index (χ1v) is 8.62. The van der Waals surface area contributed by atoms with Gasteiger partial charge in [-0.05, 0) is 30.2 Å². The molecule has 1 saturated heterocycles. The lowest BCUT2D eigenvalue weighted by molar-refractivity contribution is -0.128. The van der Waals surface area contributed by atoms with Crippen molar-refractivity contribution < 1.29 is 23.9 Å². The van der Waals surface area contributed by atoms with Crippen molar-refractivity contribution in [1.29, 1.82) is 0 Å². The van der Waals surface area contributed by atoms with Gasteiger partial charge in [0.2, 0.25) is 5.91 Å². The topological polar surface area (TPSA) is 86.7 Å². The first kappa shape index (κ1) is 18.6. The van der Waals surface area contributed by atoms with E-state index < -0.39 is 23.7 Å². The van der Waals surface area contributed by atoms with E-state index in [1.54, 1.807) is 4.90 Å². The molecule has 1 fully saturated rings. The number of carboxylic acids is 1. The molecule has 0 saturated carbocycles. The molecule has 6 nitrogen and oxygen atoms in total. The average molecular weight is 370 g/mol. The highest BCUT2D eigenvalue weighted by atomic mass is 19.1. The van der Waals surface area contributed by atoms with Crippen molar-refractivity contribution in [2.24, 2.45) is 0 Å². The van der Waals surface area contributed by atoms with Crippen LogP contribution in [0.3, 0.4) is 0 Å². The second-order valence-corrected chi connectivity index (χ2v) is 6.38. The number of nitrogens with zero attached hydrogens (tertiary/aromatic N) is 1. The fourth-order valence-corrected chi connectivity index (χ4v) is 3.11. The largest absolute Gasteiger partial charge is 0.478 e. The van der Waals surface area contributed by atoms with Crippen LogP contribution in [0.25, 0.3) is 0 Å². The van der Waals surface area contributed by atoms with E-state index in [2.05, 4.69) is 5.32 Å². The smallest absolute Gasteiger partial charge is 0.335 e. The van der Waals surface area contributed by atoms with Crippen LogP contribution in [0.4, 0.5) is 4.39 Å². The number of carbonyl (C=O) groups is 3. The molecule has 0 aliphatic carbocycles. The standard InChI is InChI=1S/C20H19FN2O4/c21-16-11-14(20(26)27)8-9-15(16)19(25)22-17(13-5-2-1-3-6-13)12-23-10-4-7-18(23)24/h1-3,5-6,8-9,11,17H,4,7,10,12H2,(H,22,25)(H,26,27). The lowest BCUT2D eigenvalue weighted by atomic mass is 10.0. The molecule has 140 valence electrons. The Bertz CT molecular complexity index is 870. The molecule has 0 radical (unpaired) electrons. The number of rotatable bonds is 6. The van der Waals surface area contributed by atoms with E-state index in [4.69, 9.17) is 5.11 Å². The molecule has 0 aromatic heterocycles. The fourth-order valence-electron chi connectivity index (χ4n) is 3.11. The van der Waals surface area contributed by atoms with E-state index in [-0.39, 0.29) is 17.0 Å². The summed E-state index contributed by atoms with van der Waals surface area (Å²) < 4.78 is 14.2. The monoisotopic (exact) mass is 370 g/mol. The van der Waals surface area contributed by atoms with Gasteiger partial charge in [-0.3, -0.25) is 9.59 Å². The lowest BCUT2D eigenvalue weighted by Crippen LogP contribution is -2.38. The van der Waals surface area contributed by atoms with Gasteiger partial charge in [0.05, 0.1) is 17.2 Å². The van der Waals surface area contributed by atoms with Crippen molar-refractivity contribution in [3.8, 4) is 0 Å². The molecule has 2 amide bonds. The number of likely N-dealkylation sites (tertiary alicyclic amines) is 1. The predicted molar refractivity (Wildman–Crippen MR) is 95.8 cm³/mol. The Morgan fingerprint density at radius 2 is 1.93 bits per heavy atom. The van der Waals surface area contributed by atoms with E-state index in [1.807, 2.05) is 30.3 Å². The van der Waals surface area contributed by atoms with Gasteiger partial charge in [0, 0.05) is 19.5 Å². The summed E-state index contributed by atoms with van der Waals surface area (Å²) in [6.07, 6.45) is 1.26. The van der Waals surface area contributed by atoms with Gasteiger partial charge in [0.1, 0.15) is 5.82 Å². The summed E-state index contributed by atoms with van der Waals surface area (Å²) in [5.74, 6) is -2.81. The SMILES string of the molecule is O=C(O)c1ccc(C(=O)NC(CN2CCCC2=O)c2ccccc2)c(F)c1. The van der Waals surface area contributed by atoms with E-state index in [0.717, 1.165) is 24.1 Å². The van der Waals surface area contributed by atoms with E-state index >= 15 is 0 Å². The van der Waals surface area contributed by atoms with Crippen LogP contribution in [0.2, 0.25) is 0 Å². The van der Waals surface area contributed by atoms with Gasteiger partial charge in [0.15, 0.2) is 0 Å². The summed E-state index contributed by atoms with van der Waals surface area (Å²) in [7, 11) is 0. The summed E-state index contributed by atoms with van der Waals surface area (Å²) in [5, 5.41) is 11.7. The second kappa shape index (κ2) is 7.99. The van der Waals surface area contributed by atoms with Crippen molar-refractivity contribution in [3.63, 3.8) is 0 Å². The van der Waals surface area contributed by atoms with Gasteiger partial charge in [-0.1, -0.05) is 30.3 Å². The lowest BCUT2D eigenvalue weighted by Gasteiger charge is -2.25. The Morgan fingerprint density at radius 3 is 2.52 bits per heavy atom. The summed E-state index contributed by atoms with van der Waals surface area (Å²) >= 11 is 0. The van der Waals surface area contributed by atoms with Crippen LogP contribution in [0.5, 0.6) is 0 Å². The minimum atomic E-state index is -1.27. The van der Waals surface area contributed by atoms with E-state index in [9.17, 15) is 18.8 Å². The Morgan fingerprint density at radius 1 is 1.19 bits per heavy atom. The Kier molecular flexibility index (Phi) is 5.49. The number of carboxylic acid groups (broad SMARTS) is 1. The molecule has 2 aromatic carbocycles. The Balaban J connectivity index is 1.82. The molecule has 0 bridgehead atoms. The zero-order chi connectivity index (χ0) is 19.4. The van der Waals surface area contributed by atoms with Crippen LogP contribution in [-0.4, -0.2) is 40.9 Å². The number of halogens is 1. The number of nitrogens with one attached hydrogen (secondary N) is 1. The molecule has 2 aromatic rings. The molecule has 1 aliphatic heterocycles. The average Bonchev–Trinajstić information content (AvgIpc) is 3.06. The molecular weight excluding hydrogens is 351 g/mol. The van der Waals surface area contributed by atoms with E-state index in [1.165, 1.54) is 6.07 Å². The Labute approximate surface area is 155 Å². The molecule has 27 heavy (non-hydrogen) atoms. The van der Waals surface area contributed by atoms with Crippen LogP contribution in [0, 0.1) is 5.82 Å². The summed E-state index contributed by atoms with van der Waals surface area (Å²) in [6.45, 7) is 0.920. The van der Waals surface area contributed by atoms with Gasteiger partial charge >= 0.3 is 5.97 Å². The summed E-state index contributed by atoms with van der Waals surface area (Å²) in [5.41, 5.74) is 0.327. The molecule has 0 spiro atoms. The zero-order valence-corrected chi connectivity index (χ0v) is 14.5. The third-order valence-electron chi connectivity index (χ3n) is 4.54. The maximum Gasteiger partial charge on any atom is 0.335 e. The molecule has 1 atom stereocenters. The van der Waals surface area contributed by atoms with Crippen LogP contribution in [0.15, 0.2) is 48.5 Å². The van der Waals surface area contributed by atoms with Crippen LogP contribution < -0.4 is 5.32 Å². The molecule has 1 unspecified atom stereocenters. The summed E-state index contributed by atoms with van der Waals surface area (Å²) in [4.78, 5) is 37.1. The van der Waals surface area contributed by atoms with Crippen molar-refractivity contribution in [3.05, 3.63) is 71.0 Å². The van der Waals surface area contributed by atoms with Crippen molar-refractivity contribution >= 4 is 17.8 Å². The number of hydrogen-bond acceptors (Lipinski definition) is 3. The van der Waals surface area contributed by atoms with Crippen molar-refractivity contribution in [2.75, 3.05) is 13.1 Å². The molecular formula is C20H19FN2O4. The molecule has 1 aliphatic rings. The zero-order valence-electron chi connectivity index (χ0n) is 14.5. The minimum absolute atomic E-state index is 0.0298. The van der Waals surface area contributed by atoms with Crippen LogP contribution in [0.1, 0.15) is 45.2 Å². The number of aromatic carboxylic acids is 1. The third-order valence-corrected chi connectivity index (χ3v) is 4.54. The first-order valence-electron chi connectivity index (χ1n) is 8.62. The highest BCUT2D eigenvalue weighted by Gasteiger charge is 2.26. The van der Waals surface area contributed by atoms with Gasteiger partial charge < -0.3 is 15.3 Å². The van der Waals surface area contributed by atoms with Gasteiger partial charge in [-0.25, -0.2) is 9.18 Å². The van der Waals surface area contributed by atoms with Crippen LogP contribution in [-0.2, 0) is 4.79 Å². The molecule has 2 N–H and O–H groups in total. The summed E-state index contributed by atoms with van der Waals surface area (Å²) in [6, 6.07) is 11.8. The molecule has 3 rings (SSSR count). The Hall–Kier alpha value is -3.22. The van der Waals surface area contributed by atoms with Gasteiger partial charge in [0.25, 0.3) is 5.91 Å². The molecule has 1 heterocycles. The first-order chi connectivity index (χ1) is 13.0. The maximum atomic E-state index is 14.2. The normalized spacial score (nSPS) is 14.9. The highest BCUT2D eigenvalue weighted by molar-refractivity contribution is 5.96. The number of hydrogen-bond donors (Lipinski definition) is 2. The van der Waals surface area contributed by atoms with Crippen LogP contribution >= 0.6 is 0 Å². The maximum absolute atomic E-state index is 14.2. The van der Waals surface area contributed by atoms with Gasteiger partial charge in [-0.15, -0.1) is 0 Å². The minimum Gasteiger partial charge on any atom is -0.478 e. The molecule has 7 heteroatoms. The van der Waals surface area contributed by atoms with Gasteiger partial charge in [-0.2, -0.15) is 0 Å². The predicted octanol–water partition coefficient (Wildman–Crippen LogP) is 2.62. The quantitative estimate of drug-likeness (QED) is 0.818. The fraction of sp³-hybridized carbons (Fsp3) is 0.250. The highest BCUT2D eigenvalue weighted by Crippen LogP contribution is 2.20. The van der Waals surface area contributed by atoms with Crippen molar-refractivity contribution in [1.82, 2.24) is 10.2 Å². The third kappa shape index (κ3) is 4.31. The van der Waals surface area contributed by atoms with E-state index in [0.29, 0.717) is 19.5 Å². The van der Waals surface area contributed by atoms with Crippen molar-refractivity contribution in [2.45, 2.75) is 18.9 Å². The number of amides is 2. The number of benzene rings is 2.